The summed E-state index contributed by atoms with van der Waals surface area (Å²) >= 11 is 5.68. The molecule has 0 aliphatic heterocycles. The molecule has 1 aliphatic rings. The van der Waals surface area contributed by atoms with Crippen LogP contribution >= 0.6 is 11.6 Å². The van der Waals surface area contributed by atoms with Gasteiger partial charge in [-0.25, -0.2) is 4.79 Å². The van der Waals surface area contributed by atoms with Gasteiger partial charge in [-0.3, -0.25) is 4.79 Å². The molecule has 1 aromatic heterocycles. The van der Waals surface area contributed by atoms with Gasteiger partial charge < -0.3 is 9.72 Å². The van der Waals surface area contributed by atoms with Crippen LogP contribution in [-0.2, 0) is 4.74 Å². The summed E-state index contributed by atoms with van der Waals surface area (Å²) in [6, 6.07) is 1.35. The molecule has 0 spiro atoms. The van der Waals surface area contributed by atoms with Crippen molar-refractivity contribution in [3.8, 4) is 0 Å². The van der Waals surface area contributed by atoms with E-state index in [1.807, 2.05) is 0 Å². The van der Waals surface area contributed by atoms with Crippen molar-refractivity contribution in [1.29, 1.82) is 0 Å². The van der Waals surface area contributed by atoms with Crippen LogP contribution < -0.4 is 5.56 Å². The molecule has 1 heterocycles. The van der Waals surface area contributed by atoms with Crippen LogP contribution in [0.3, 0.4) is 0 Å². The van der Waals surface area contributed by atoms with Crippen LogP contribution in [0.1, 0.15) is 48.9 Å². The second-order valence-corrected chi connectivity index (χ2v) is 4.99. The number of esters is 1. The third-order valence-corrected chi connectivity index (χ3v) is 3.45. The Morgan fingerprint density at radius 1 is 1.28 bits per heavy atom. The van der Waals surface area contributed by atoms with Crippen LogP contribution in [0.4, 0.5) is 0 Å². The molecule has 1 fully saturated rings. The average molecular weight is 270 g/mol. The number of aromatic amines is 1. The Balaban J connectivity index is 2.02. The Morgan fingerprint density at radius 2 is 1.94 bits per heavy atom. The standard InChI is InChI=1S/C13H16ClNO3/c14-11-7-9(8-15-12(11)16)13(17)18-10-5-3-1-2-4-6-10/h7-8,10H,1-6H2,(H,15,16). The molecule has 0 aromatic carbocycles. The third kappa shape index (κ3) is 3.35. The van der Waals surface area contributed by atoms with E-state index >= 15 is 0 Å². The van der Waals surface area contributed by atoms with E-state index in [2.05, 4.69) is 4.98 Å². The lowest BCUT2D eigenvalue weighted by Crippen LogP contribution is -2.19. The molecular formula is C13H16ClNO3. The van der Waals surface area contributed by atoms with Gasteiger partial charge in [0.1, 0.15) is 11.1 Å². The fourth-order valence-corrected chi connectivity index (χ4v) is 2.33. The molecule has 1 aliphatic carbocycles. The first-order chi connectivity index (χ1) is 8.66. The summed E-state index contributed by atoms with van der Waals surface area (Å²) in [6.45, 7) is 0. The smallest absolute Gasteiger partial charge is 0.339 e. The van der Waals surface area contributed by atoms with Gasteiger partial charge in [-0.15, -0.1) is 0 Å². The van der Waals surface area contributed by atoms with Crippen LogP contribution in [-0.4, -0.2) is 17.1 Å². The average Bonchev–Trinajstić information content (AvgIpc) is 2.61. The minimum absolute atomic E-state index is 0.00492. The van der Waals surface area contributed by atoms with Gasteiger partial charge in [-0.1, -0.05) is 24.4 Å². The number of carbonyl (C=O) groups is 1. The molecule has 1 N–H and O–H groups in total. The summed E-state index contributed by atoms with van der Waals surface area (Å²) in [5.74, 6) is -0.417. The highest BCUT2D eigenvalue weighted by molar-refractivity contribution is 6.30. The van der Waals surface area contributed by atoms with Crippen LogP contribution in [0.2, 0.25) is 5.02 Å². The summed E-state index contributed by atoms with van der Waals surface area (Å²) < 4.78 is 5.43. The van der Waals surface area contributed by atoms with E-state index in [0.717, 1.165) is 25.7 Å². The van der Waals surface area contributed by atoms with Crippen LogP contribution in [0, 0.1) is 0 Å². The largest absolute Gasteiger partial charge is 0.459 e. The van der Waals surface area contributed by atoms with E-state index in [1.165, 1.54) is 25.1 Å². The SMILES string of the molecule is O=C(OC1CCCCCC1)c1c[nH]c(=O)c(Cl)c1. The normalized spacial score (nSPS) is 17.2. The molecular weight excluding hydrogens is 254 g/mol. The van der Waals surface area contributed by atoms with Crippen molar-refractivity contribution in [2.75, 3.05) is 0 Å². The van der Waals surface area contributed by atoms with Gasteiger partial charge >= 0.3 is 5.97 Å². The van der Waals surface area contributed by atoms with Gasteiger partial charge in [0, 0.05) is 6.20 Å². The van der Waals surface area contributed by atoms with Crippen LogP contribution in [0.25, 0.3) is 0 Å². The van der Waals surface area contributed by atoms with E-state index in [-0.39, 0.29) is 11.1 Å². The maximum absolute atomic E-state index is 11.9. The second-order valence-electron chi connectivity index (χ2n) is 4.58. The topological polar surface area (TPSA) is 59.2 Å². The highest BCUT2D eigenvalue weighted by Crippen LogP contribution is 2.21. The second kappa shape index (κ2) is 6.05. The molecule has 0 radical (unpaired) electrons. The van der Waals surface area contributed by atoms with Crippen molar-refractivity contribution in [1.82, 2.24) is 4.98 Å². The lowest BCUT2D eigenvalue weighted by atomic mass is 10.1. The molecule has 0 unspecified atom stereocenters. The summed E-state index contributed by atoms with van der Waals surface area (Å²) in [6.07, 6.45) is 7.79. The van der Waals surface area contributed by atoms with Gasteiger partial charge in [-0.05, 0) is 31.7 Å². The van der Waals surface area contributed by atoms with Gasteiger partial charge in [0.2, 0.25) is 0 Å². The lowest BCUT2D eigenvalue weighted by Gasteiger charge is -2.15. The molecule has 0 amide bonds. The summed E-state index contributed by atoms with van der Waals surface area (Å²) in [7, 11) is 0. The maximum Gasteiger partial charge on any atom is 0.339 e. The van der Waals surface area contributed by atoms with E-state index < -0.39 is 11.5 Å². The predicted octanol–water partition coefficient (Wildman–Crippen LogP) is 2.91. The number of H-pyrrole nitrogens is 1. The number of aromatic nitrogens is 1. The molecule has 5 heteroatoms. The first-order valence-corrected chi connectivity index (χ1v) is 6.64. The number of rotatable bonds is 2. The number of carbonyl (C=O) groups excluding carboxylic acids is 1. The molecule has 1 aromatic rings. The van der Waals surface area contributed by atoms with Crippen molar-refractivity contribution in [3.63, 3.8) is 0 Å². The molecule has 0 bridgehead atoms. The first kappa shape index (κ1) is 13.1. The fraction of sp³-hybridized carbons (Fsp3) is 0.538. The summed E-state index contributed by atoms with van der Waals surface area (Å²) in [5, 5.41) is 0.00492. The van der Waals surface area contributed by atoms with Crippen molar-refractivity contribution in [2.45, 2.75) is 44.6 Å². The number of halogens is 1. The monoisotopic (exact) mass is 269 g/mol. The minimum atomic E-state index is -0.417. The number of pyridine rings is 1. The van der Waals surface area contributed by atoms with Crippen LogP contribution in [0.5, 0.6) is 0 Å². The first-order valence-electron chi connectivity index (χ1n) is 6.26. The van der Waals surface area contributed by atoms with E-state index in [4.69, 9.17) is 16.3 Å². The Hall–Kier alpha value is -1.29. The summed E-state index contributed by atoms with van der Waals surface area (Å²) in [4.78, 5) is 25.4. The van der Waals surface area contributed by atoms with Crippen molar-refractivity contribution >= 4 is 17.6 Å². The van der Waals surface area contributed by atoms with E-state index in [0.29, 0.717) is 5.56 Å². The fourth-order valence-electron chi connectivity index (χ4n) is 2.15. The van der Waals surface area contributed by atoms with Crippen molar-refractivity contribution < 1.29 is 9.53 Å². The van der Waals surface area contributed by atoms with Crippen molar-refractivity contribution in [2.24, 2.45) is 0 Å². The Bertz CT molecular complexity index is 475. The Morgan fingerprint density at radius 3 is 2.56 bits per heavy atom. The molecule has 0 saturated heterocycles. The minimum Gasteiger partial charge on any atom is -0.459 e. The van der Waals surface area contributed by atoms with Gasteiger partial charge in [-0.2, -0.15) is 0 Å². The van der Waals surface area contributed by atoms with Crippen molar-refractivity contribution in [3.05, 3.63) is 33.2 Å². The number of hydrogen-bond acceptors (Lipinski definition) is 3. The zero-order valence-electron chi connectivity index (χ0n) is 10.1. The van der Waals surface area contributed by atoms with Gasteiger partial charge in [0.05, 0.1) is 5.56 Å². The van der Waals surface area contributed by atoms with Gasteiger partial charge in [0.25, 0.3) is 5.56 Å². The molecule has 18 heavy (non-hydrogen) atoms. The Labute approximate surface area is 110 Å². The molecule has 98 valence electrons. The van der Waals surface area contributed by atoms with E-state index in [1.54, 1.807) is 0 Å². The quantitative estimate of drug-likeness (QED) is 0.663. The zero-order valence-corrected chi connectivity index (χ0v) is 10.8. The highest BCUT2D eigenvalue weighted by Gasteiger charge is 2.18. The third-order valence-electron chi connectivity index (χ3n) is 3.17. The van der Waals surface area contributed by atoms with Crippen LogP contribution in [0.15, 0.2) is 17.1 Å². The molecule has 2 rings (SSSR count). The number of ether oxygens (including phenoxy) is 1. The lowest BCUT2D eigenvalue weighted by molar-refractivity contribution is 0.0267. The van der Waals surface area contributed by atoms with Gasteiger partial charge in [0.15, 0.2) is 0 Å². The maximum atomic E-state index is 11.9. The molecule has 0 atom stereocenters. The summed E-state index contributed by atoms with van der Waals surface area (Å²) in [5.41, 5.74) is -0.105. The zero-order chi connectivity index (χ0) is 13.0. The predicted molar refractivity (Wildman–Crippen MR) is 69.0 cm³/mol. The number of nitrogens with one attached hydrogen (secondary N) is 1. The molecule has 4 nitrogen and oxygen atoms in total. The Kier molecular flexibility index (Phi) is 4.42. The van der Waals surface area contributed by atoms with E-state index in [9.17, 15) is 9.59 Å². The molecule has 1 saturated carbocycles. The highest BCUT2D eigenvalue weighted by atomic mass is 35.5. The number of hydrogen-bond donors (Lipinski definition) is 1.